The Morgan fingerprint density at radius 2 is 2.08 bits per heavy atom. The molecule has 1 atom stereocenters. The van der Waals surface area contributed by atoms with E-state index in [-0.39, 0.29) is 18.2 Å². The molecule has 1 aromatic rings. The van der Waals surface area contributed by atoms with Crippen LogP contribution in [0.15, 0.2) is 24.4 Å². The van der Waals surface area contributed by atoms with Crippen molar-refractivity contribution in [3.8, 4) is 0 Å². The molecule has 8 nitrogen and oxygen atoms in total. The van der Waals surface area contributed by atoms with Crippen LogP contribution in [0, 0.1) is 0 Å². The van der Waals surface area contributed by atoms with Gasteiger partial charge in [0.15, 0.2) is 0 Å². The normalized spacial score (nSPS) is 21.6. The zero-order valence-corrected chi connectivity index (χ0v) is 14.1. The molecule has 134 valence electrons. The zero-order valence-electron chi connectivity index (χ0n) is 14.1. The molecule has 0 aliphatic carbocycles. The molecule has 8 heteroatoms. The lowest BCUT2D eigenvalue weighted by atomic mass is 10.1. The van der Waals surface area contributed by atoms with Crippen LogP contribution >= 0.6 is 0 Å². The molecule has 4 amide bonds. The first-order chi connectivity index (χ1) is 12.1. The Morgan fingerprint density at radius 1 is 1.20 bits per heavy atom. The van der Waals surface area contributed by atoms with E-state index >= 15 is 0 Å². The van der Waals surface area contributed by atoms with Crippen molar-refractivity contribution in [2.45, 2.75) is 31.8 Å². The summed E-state index contributed by atoms with van der Waals surface area (Å²) >= 11 is 0. The first kappa shape index (κ1) is 17.3. The van der Waals surface area contributed by atoms with E-state index in [2.05, 4.69) is 20.5 Å². The van der Waals surface area contributed by atoms with Gasteiger partial charge in [0.25, 0.3) is 5.91 Å². The summed E-state index contributed by atoms with van der Waals surface area (Å²) < 4.78 is 0. The van der Waals surface area contributed by atoms with Crippen molar-refractivity contribution in [2.24, 2.45) is 0 Å². The Kier molecular flexibility index (Phi) is 5.60. The van der Waals surface area contributed by atoms with Crippen LogP contribution in [0.3, 0.4) is 0 Å². The minimum absolute atomic E-state index is 0.0358. The number of rotatable bonds is 5. The molecule has 0 aromatic carbocycles. The van der Waals surface area contributed by atoms with Gasteiger partial charge in [0.05, 0.1) is 5.69 Å². The van der Waals surface area contributed by atoms with E-state index < -0.39 is 12.1 Å². The Labute approximate surface area is 146 Å². The van der Waals surface area contributed by atoms with Crippen molar-refractivity contribution in [2.75, 3.05) is 26.2 Å². The zero-order chi connectivity index (χ0) is 17.6. The van der Waals surface area contributed by atoms with Gasteiger partial charge >= 0.3 is 6.03 Å². The van der Waals surface area contributed by atoms with Gasteiger partial charge in [-0.1, -0.05) is 6.07 Å². The molecule has 2 aliphatic rings. The minimum atomic E-state index is -0.593. The summed E-state index contributed by atoms with van der Waals surface area (Å²) in [6, 6.07) is 4.81. The number of pyridine rings is 1. The van der Waals surface area contributed by atoms with Gasteiger partial charge < -0.3 is 10.2 Å². The van der Waals surface area contributed by atoms with E-state index in [1.807, 2.05) is 23.1 Å². The van der Waals surface area contributed by atoms with Crippen LogP contribution in [0.5, 0.6) is 0 Å². The van der Waals surface area contributed by atoms with E-state index in [9.17, 15) is 14.4 Å². The number of urea groups is 1. The van der Waals surface area contributed by atoms with Crippen LogP contribution in [-0.2, 0) is 16.1 Å². The van der Waals surface area contributed by atoms with Crippen LogP contribution in [0.4, 0.5) is 4.79 Å². The molecule has 25 heavy (non-hydrogen) atoms. The highest BCUT2D eigenvalue weighted by Crippen LogP contribution is 2.10. The van der Waals surface area contributed by atoms with Gasteiger partial charge in [-0.05, 0) is 25.0 Å². The Balaban J connectivity index is 1.45. The van der Waals surface area contributed by atoms with Gasteiger partial charge in [0.1, 0.15) is 6.04 Å². The van der Waals surface area contributed by atoms with Crippen molar-refractivity contribution in [1.29, 1.82) is 0 Å². The maximum Gasteiger partial charge on any atom is 0.322 e. The van der Waals surface area contributed by atoms with Crippen LogP contribution in [-0.4, -0.2) is 64.9 Å². The van der Waals surface area contributed by atoms with Gasteiger partial charge in [-0.15, -0.1) is 0 Å². The molecule has 0 unspecified atom stereocenters. The molecule has 3 heterocycles. The van der Waals surface area contributed by atoms with Gasteiger partial charge in [-0.3, -0.25) is 24.8 Å². The van der Waals surface area contributed by atoms with Crippen LogP contribution in [0.25, 0.3) is 0 Å². The number of carbonyl (C=O) groups is 3. The second-order valence-corrected chi connectivity index (χ2v) is 6.39. The minimum Gasteiger partial charge on any atom is -0.341 e. The van der Waals surface area contributed by atoms with Crippen molar-refractivity contribution >= 4 is 17.8 Å². The smallest absolute Gasteiger partial charge is 0.322 e. The molecule has 0 saturated carbocycles. The molecule has 0 spiro atoms. The summed E-state index contributed by atoms with van der Waals surface area (Å²) in [6.07, 6.45) is 3.31. The molecule has 3 rings (SSSR count). The first-order valence-electron chi connectivity index (χ1n) is 8.63. The molecular weight excluding hydrogens is 322 g/mol. The van der Waals surface area contributed by atoms with Crippen LogP contribution in [0.2, 0.25) is 0 Å². The number of hydrogen-bond acceptors (Lipinski definition) is 5. The van der Waals surface area contributed by atoms with Gasteiger partial charge in [-0.25, -0.2) is 4.79 Å². The van der Waals surface area contributed by atoms with E-state index in [1.54, 1.807) is 6.20 Å². The summed E-state index contributed by atoms with van der Waals surface area (Å²) in [5.41, 5.74) is 1.03. The average molecular weight is 345 g/mol. The van der Waals surface area contributed by atoms with Crippen molar-refractivity contribution in [1.82, 2.24) is 25.4 Å². The number of aromatic nitrogens is 1. The number of nitrogens with one attached hydrogen (secondary N) is 2. The third kappa shape index (κ3) is 4.76. The second-order valence-electron chi connectivity index (χ2n) is 6.39. The number of nitrogens with zero attached hydrogens (tertiary/aromatic N) is 3. The van der Waals surface area contributed by atoms with Crippen LogP contribution in [0.1, 0.15) is 25.0 Å². The number of amides is 4. The molecule has 2 N–H and O–H groups in total. The molecule has 1 aromatic heterocycles. The SMILES string of the molecule is O=C1NC(=O)[C@H](CCC(=O)N2CCCN(Cc3ccccn3)CC2)N1. The van der Waals surface area contributed by atoms with Crippen molar-refractivity contribution in [3.63, 3.8) is 0 Å². The summed E-state index contributed by atoms with van der Waals surface area (Å²) in [6.45, 7) is 3.93. The van der Waals surface area contributed by atoms with Crippen molar-refractivity contribution in [3.05, 3.63) is 30.1 Å². The Bertz CT molecular complexity index is 636. The molecule has 2 aliphatic heterocycles. The number of hydrogen-bond donors (Lipinski definition) is 2. The van der Waals surface area contributed by atoms with Gasteiger partial charge in [-0.2, -0.15) is 0 Å². The van der Waals surface area contributed by atoms with E-state index in [1.165, 1.54) is 0 Å². The maximum atomic E-state index is 12.4. The predicted molar refractivity (Wildman–Crippen MR) is 90.4 cm³/mol. The van der Waals surface area contributed by atoms with Crippen molar-refractivity contribution < 1.29 is 14.4 Å². The first-order valence-corrected chi connectivity index (χ1v) is 8.63. The Hall–Kier alpha value is -2.48. The highest BCUT2D eigenvalue weighted by molar-refractivity contribution is 6.04. The summed E-state index contributed by atoms with van der Waals surface area (Å²) in [7, 11) is 0. The fraction of sp³-hybridized carbons (Fsp3) is 0.529. The third-order valence-electron chi connectivity index (χ3n) is 4.56. The monoisotopic (exact) mass is 345 g/mol. The highest BCUT2D eigenvalue weighted by atomic mass is 16.2. The Morgan fingerprint density at radius 3 is 2.80 bits per heavy atom. The molecule has 2 saturated heterocycles. The van der Waals surface area contributed by atoms with Gasteiger partial charge in [0, 0.05) is 45.3 Å². The molecular formula is C17H23N5O3. The molecule has 2 fully saturated rings. The average Bonchev–Trinajstić information content (AvgIpc) is 2.79. The largest absolute Gasteiger partial charge is 0.341 e. The van der Waals surface area contributed by atoms with E-state index in [0.29, 0.717) is 13.0 Å². The standard InChI is InChI=1S/C17H23N5O3/c23-15(6-5-14-16(24)20-17(25)19-14)22-9-3-8-21(10-11-22)12-13-4-1-2-7-18-13/h1-2,4,7,14H,3,5-6,8-12H2,(H2,19,20,24,25)/t14-/m0/s1. The fourth-order valence-corrected chi connectivity index (χ4v) is 3.19. The molecule has 0 bridgehead atoms. The fourth-order valence-electron chi connectivity index (χ4n) is 3.19. The number of carbonyl (C=O) groups excluding carboxylic acids is 3. The van der Waals surface area contributed by atoms with E-state index in [0.717, 1.165) is 38.3 Å². The predicted octanol–water partition coefficient (Wildman–Crippen LogP) is 0.104. The quantitative estimate of drug-likeness (QED) is 0.739. The summed E-state index contributed by atoms with van der Waals surface area (Å²) in [4.78, 5) is 43.5. The molecule has 0 radical (unpaired) electrons. The topological polar surface area (TPSA) is 94.6 Å². The number of imide groups is 1. The lowest BCUT2D eigenvalue weighted by Gasteiger charge is -2.22. The van der Waals surface area contributed by atoms with Gasteiger partial charge in [0.2, 0.25) is 5.91 Å². The maximum absolute atomic E-state index is 12.4. The lowest BCUT2D eigenvalue weighted by molar-refractivity contribution is -0.131. The summed E-state index contributed by atoms with van der Waals surface area (Å²) in [5, 5.41) is 4.71. The third-order valence-corrected chi connectivity index (χ3v) is 4.56. The highest BCUT2D eigenvalue weighted by Gasteiger charge is 2.30. The second kappa shape index (κ2) is 8.06. The summed E-state index contributed by atoms with van der Waals surface area (Å²) in [5.74, 6) is -0.316. The lowest BCUT2D eigenvalue weighted by Crippen LogP contribution is -2.37. The van der Waals surface area contributed by atoms with E-state index in [4.69, 9.17) is 0 Å². The van der Waals surface area contributed by atoms with Crippen LogP contribution < -0.4 is 10.6 Å².